The third kappa shape index (κ3) is 3.00. The largest absolute Gasteiger partial charge is 0.375 e. The number of halogens is 2. The van der Waals surface area contributed by atoms with E-state index in [0.717, 1.165) is 12.1 Å². The lowest BCUT2D eigenvalue weighted by Crippen LogP contribution is -2.35. The van der Waals surface area contributed by atoms with E-state index >= 15 is 0 Å². The first-order valence-electron chi connectivity index (χ1n) is 7.29. The second-order valence-corrected chi connectivity index (χ2v) is 6.09. The molecule has 0 aromatic heterocycles. The molecule has 5 atom stereocenters. The Kier molecular flexibility index (Phi) is 5.05. The molecular weight excluding hydrogens is 277 g/mol. The molecule has 5 unspecified atom stereocenters. The van der Waals surface area contributed by atoms with Crippen LogP contribution in [0, 0.1) is 17.7 Å². The summed E-state index contributed by atoms with van der Waals surface area (Å²) in [6.07, 6.45) is 0.340. The number of ether oxygens (including phenoxy) is 1. The van der Waals surface area contributed by atoms with E-state index in [0.29, 0.717) is 10.9 Å². The SMILES string of the molecule is CCNC(c1cc(F)ccc1Cl)C1C(C)OC(C)C1C. The summed E-state index contributed by atoms with van der Waals surface area (Å²) in [4.78, 5) is 0. The summed E-state index contributed by atoms with van der Waals surface area (Å²) in [7, 11) is 0. The molecule has 1 aromatic rings. The molecule has 1 aliphatic heterocycles. The number of hydrogen-bond donors (Lipinski definition) is 1. The van der Waals surface area contributed by atoms with Gasteiger partial charge in [0.1, 0.15) is 5.82 Å². The summed E-state index contributed by atoms with van der Waals surface area (Å²) in [5, 5.41) is 4.07. The first-order valence-corrected chi connectivity index (χ1v) is 7.67. The van der Waals surface area contributed by atoms with Gasteiger partial charge in [-0.3, -0.25) is 0 Å². The molecule has 1 fully saturated rings. The maximum absolute atomic E-state index is 13.6. The van der Waals surface area contributed by atoms with Gasteiger partial charge in [0, 0.05) is 17.0 Å². The van der Waals surface area contributed by atoms with E-state index in [9.17, 15) is 4.39 Å². The Hall–Kier alpha value is -0.640. The van der Waals surface area contributed by atoms with Crippen molar-refractivity contribution in [2.75, 3.05) is 6.54 Å². The minimum atomic E-state index is -0.250. The zero-order chi connectivity index (χ0) is 14.9. The summed E-state index contributed by atoms with van der Waals surface area (Å²) < 4.78 is 19.5. The monoisotopic (exact) mass is 299 g/mol. The smallest absolute Gasteiger partial charge is 0.123 e. The molecule has 2 nitrogen and oxygen atoms in total. The van der Waals surface area contributed by atoms with E-state index < -0.39 is 0 Å². The van der Waals surface area contributed by atoms with E-state index in [4.69, 9.17) is 16.3 Å². The van der Waals surface area contributed by atoms with Crippen molar-refractivity contribution in [1.82, 2.24) is 5.32 Å². The fourth-order valence-corrected chi connectivity index (χ4v) is 3.53. The van der Waals surface area contributed by atoms with Crippen LogP contribution in [0.2, 0.25) is 5.02 Å². The van der Waals surface area contributed by atoms with Crippen molar-refractivity contribution >= 4 is 11.6 Å². The highest BCUT2D eigenvalue weighted by molar-refractivity contribution is 6.31. The Morgan fingerprint density at radius 3 is 2.55 bits per heavy atom. The van der Waals surface area contributed by atoms with Crippen LogP contribution in [0.1, 0.15) is 39.3 Å². The lowest BCUT2D eigenvalue weighted by atomic mass is 9.80. The van der Waals surface area contributed by atoms with Gasteiger partial charge in [-0.05, 0) is 50.1 Å². The highest BCUT2D eigenvalue weighted by Crippen LogP contribution is 2.42. The van der Waals surface area contributed by atoms with Gasteiger partial charge in [-0.2, -0.15) is 0 Å². The maximum atomic E-state index is 13.6. The van der Waals surface area contributed by atoms with Gasteiger partial charge >= 0.3 is 0 Å². The third-order valence-corrected chi connectivity index (χ3v) is 4.77. The van der Waals surface area contributed by atoms with Gasteiger partial charge in [0.15, 0.2) is 0 Å². The van der Waals surface area contributed by atoms with Crippen LogP contribution in [-0.2, 0) is 4.74 Å². The second-order valence-electron chi connectivity index (χ2n) is 5.68. The van der Waals surface area contributed by atoms with Crippen LogP contribution in [0.15, 0.2) is 18.2 Å². The zero-order valence-corrected chi connectivity index (χ0v) is 13.2. The van der Waals surface area contributed by atoms with Crippen molar-refractivity contribution in [2.45, 2.75) is 45.9 Å². The van der Waals surface area contributed by atoms with Crippen LogP contribution in [0.25, 0.3) is 0 Å². The lowest BCUT2D eigenvalue weighted by molar-refractivity contribution is 0.0475. The summed E-state index contributed by atoms with van der Waals surface area (Å²) >= 11 is 6.29. The molecule has 1 N–H and O–H groups in total. The second kappa shape index (κ2) is 6.42. The predicted molar refractivity (Wildman–Crippen MR) is 80.5 cm³/mol. The number of benzene rings is 1. The highest BCUT2D eigenvalue weighted by atomic mass is 35.5. The standard InChI is InChI=1S/C16H23ClFNO/c1-5-19-16(13-8-12(18)6-7-14(13)17)15-9(2)10(3)20-11(15)4/h6-11,15-16,19H,5H2,1-4H3. The summed E-state index contributed by atoms with van der Waals surface area (Å²) in [6, 6.07) is 4.58. The molecule has 0 radical (unpaired) electrons. The average Bonchev–Trinajstić information content (AvgIpc) is 2.64. The molecule has 0 amide bonds. The van der Waals surface area contributed by atoms with Crippen LogP contribution >= 0.6 is 11.6 Å². The molecular formula is C16H23ClFNO. The van der Waals surface area contributed by atoms with E-state index in [1.54, 1.807) is 6.07 Å². The minimum Gasteiger partial charge on any atom is -0.375 e. The third-order valence-electron chi connectivity index (χ3n) is 4.42. The molecule has 1 heterocycles. The molecule has 1 saturated heterocycles. The Labute approximate surface area is 125 Å². The summed E-state index contributed by atoms with van der Waals surface area (Å²) in [5.41, 5.74) is 0.829. The quantitative estimate of drug-likeness (QED) is 0.900. The fourth-order valence-electron chi connectivity index (χ4n) is 3.29. The number of rotatable bonds is 4. The van der Waals surface area contributed by atoms with Crippen LogP contribution in [0.3, 0.4) is 0 Å². The highest BCUT2D eigenvalue weighted by Gasteiger charge is 2.42. The molecule has 112 valence electrons. The fraction of sp³-hybridized carbons (Fsp3) is 0.625. The number of hydrogen-bond acceptors (Lipinski definition) is 2. The van der Waals surface area contributed by atoms with Gasteiger partial charge in [0.2, 0.25) is 0 Å². The Morgan fingerprint density at radius 1 is 1.30 bits per heavy atom. The molecule has 0 spiro atoms. The first kappa shape index (κ1) is 15.7. The van der Waals surface area contributed by atoms with Crippen molar-refractivity contribution in [3.8, 4) is 0 Å². The summed E-state index contributed by atoms with van der Waals surface area (Å²) in [5.74, 6) is 0.428. The molecule has 1 aliphatic rings. The number of nitrogens with one attached hydrogen (secondary N) is 1. The van der Waals surface area contributed by atoms with Crippen LogP contribution in [0.5, 0.6) is 0 Å². The van der Waals surface area contributed by atoms with Gasteiger partial charge in [-0.25, -0.2) is 4.39 Å². The van der Waals surface area contributed by atoms with Crippen LogP contribution in [0.4, 0.5) is 4.39 Å². The van der Waals surface area contributed by atoms with E-state index in [-0.39, 0.29) is 30.0 Å². The predicted octanol–water partition coefficient (Wildman–Crippen LogP) is 4.19. The molecule has 0 aliphatic carbocycles. The van der Waals surface area contributed by atoms with E-state index in [1.807, 2.05) is 0 Å². The summed E-state index contributed by atoms with van der Waals surface area (Å²) in [6.45, 7) is 9.23. The van der Waals surface area contributed by atoms with Gasteiger partial charge < -0.3 is 10.1 Å². The molecule has 0 saturated carbocycles. The van der Waals surface area contributed by atoms with Crippen LogP contribution in [-0.4, -0.2) is 18.8 Å². The maximum Gasteiger partial charge on any atom is 0.123 e. The van der Waals surface area contributed by atoms with Gasteiger partial charge in [-0.15, -0.1) is 0 Å². The Bertz CT molecular complexity index is 468. The normalized spacial score (nSPS) is 31.5. The van der Waals surface area contributed by atoms with Gasteiger partial charge in [-0.1, -0.05) is 25.4 Å². The lowest BCUT2D eigenvalue weighted by Gasteiger charge is -2.30. The van der Waals surface area contributed by atoms with Gasteiger partial charge in [0.05, 0.1) is 12.2 Å². The van der Waals surface area contributed by atoms with E-state index in [2.05, 4.69) is 33.0 Å². The minimum absolute atomic E-state index is 0.0122. The van der Waals surface area contributed by atoms with Gasteiger partial charge in [0.25, 0.3) is 0 Å². The van der Waals surface area contributed by atoms with E-state index in [1.165, 1.54) is 12.1 Å². The first-order chi connectivity index (χ1) is 9.45. The van der Waals surface area contributed by atoms with Crippen molar-refractivity contribution in [3.05, 3.63) is 34.6 Å². The van der Waals surface area contributed by atoms with Crippen molar-refractivity contribution in [2.24, 2.45) is 11.8 Å². The topological polar surface area (TPSA) is 21.3 Å². The van der Waals surface area contributed by atoms with Crippen LogP contribution < -0.4 is 5.32 Å². The van der Waals surface area contributed by atoms with Crippen molar-refractivity contribution in [3.63, 3.8) is 0 Å². The Balaban J connectivity index is 2.38. The molecule has 4 heteroatoms. The van der Waals surface area contributed by atoms with Crippen molar-refractivity contribution in [1.29, 1.82) is 0 Å². The molecule has 0 bridgehead atoms. The zero-order valence-electron chi connectivity index (χ0n) is 12.5. The average molecular weight is 300 g/mol. The molecule has 2 rings (SSSR count). The molecule has 20 heavy (non-hydrogen) atoms. The Morgan fingerprint density at radius 2 is 2.00 bits per heavy atom. The molecule has 1 aromatic carbocycles. The van der Waals surface area contributed by atoms with Crippen molar-refractivity contribution < 1.29 is 9.13 Å².